The Hall–Kier alpha value is -2.42. The highest BCUT2D eigenvalue weighted by Crippen LogP contribution is 2.29. The van der Waals surface area contributed by atoms with E-state index in [2.05, 4.69) is 40.2 Å². The molecule has 0 aliphatic carbocycles. The molecule has 9 nitrogen and oxygen atoms in total. The lowest BCUT2D eigenvalue weighted by atomic mass is 10.0. The molecule has 5 heterocycles. The quantitative estimate of drug-likeness (QED) is 0.614. The monoisotopic (exact) mass is 384 g/mol. The Morgan fingerprint density at radius 3 is 2.61 bits per heavy atom. The predicted molar refractivity (Wildman–Crippen MR) is 106 cm³/mol. The number of nitrogens with one attached hydrogen (secondary N) is 4. The molecule has 0 spiro atoms. The number of piperidine rings is 1. The van der Waals surface area contributed by atoms with Crippen LogP contribution in [0.25, 0.3) is 5.65 Å². The van der Waals surface area contributed by atoms with Gasteiger partial charge >= 0.3 is 0 Å². The topological polar surface area (TPSA) is 108 Å². The van der Waals surface area contributed by atoms with Crippen LogP contribution >= 0.6 is 0 Å². The Balaban J connectivity index is 1.46. The number of fused-ring (bicyclic) bond motifs is 3. The highest BCUT2D eigenvalue weighted by molar-refractivity contribution is 5.79. The molecule has 4 N–H and O–H groups in total. The van der Waals surface area contributed by atoms with Gasteiger partial charge in [0.05, 0.1) is 12.2 Å². The Kier molecular flexibility index (Phi) is 4.34. The van der Waals surface area contributed by atoms with Crippen LogP contribution in [0, 0.1) is 0 Å². The van der Waals surface area contributed by atoms with Crippen molar-refractivity contribution in [1.82, 2.24) is 30.2 Å². The summed E-state index contributed by atoms with van der Waals surface area (Å²) in [5.74, 6) is 1.66. The van der Waals surface area contributed by atoms with Crippen LogP contribution in [0.2, 0.25) is 0 Å². The zero-order chi connectivity index (χ0) is 19.3. The molecule has 3 saturated heterocycles. The highest BCUT2D eigenvalue weighted by atomic mass is 16.1. The standard InChI is InChI=1S/C19H28N8O/c1-10(2)15-9-21-27-17(15)25-18(23-14-7-16(28)20-8-14)26-19(27)24-13-5-11-3-4-12(6-13)22-11/h9-14,22H,3-8H2,1-2H3,(H,20,28)(H2,23,24,25,26)/t11-,12-,14-/m1/s1. The first-order chi connectivity index (χ1) is 13.5. The second-order valence-electron chi connectivity index (χ2n) is 8.66. The summed E-state index contributed by atoms with van der Waals surface area (Å²) in [6.45, 7) is 4.89. The second-order valence-corrected chi connectivity index (χ2v) is 8.66. The SMILES string of the molecule is CC(C)c1cnn2c(NC3C[C@H]4CC[C@H](C3)N4)nc(N[C@H]3CNC(=O)C3)nc12. The molecule has 3 fully saturated rings. The van der Waals surface area contributed by atoms with Crippen LogP contribution in [-0.4, -0.2) is 56.2 Å². The molecule has 150 valence electrons. The number of carbonyl (C=O) groups is 1. The minimum absolute atomic E-state index is 0.0166. The van der Waals surface area contributed by atoms with E-state index in [0.717, 1.165) is 30.0 Å². The summed E-state index contributed by atoms with van der Waals surface area (Å²) in [4.78, 5) is 21.0. The molecule has 1 amide bonds. The molecular weight excluding hydrogens is 356 g/mol. The minimum Gasteiger partial charge on any atom is -0.354 e. The van der Waals surface area contributed by atoms with Crippen LogP contribution in [0.1, 0.15) is 57.4 Å². The van der Waals surface area contributed by atoms with Crippen molar-refractivity contribution in [2.24, 2.45) is 0 Å². The highest BCUT2D eigenvalue weighted by Gasteiger charge is 2.34. The van der Waals surface area contributed by atoms with Gasteiger partial charge in [-0.15, -0.1) is 0 Å². The Morgan fingerprint density at radius 1 is 1.14 bits per heavy atom. The third-order valence-corrected chi connectivity index (χ3v) is 6.13. The van der Waals surface area contributed by atoms with Crippen molar-refractivity contribution >= 4 is 23.5 Å². The number of anilines is 2. The maximum absolute atomic E-state index is 11.5. The van der Waals surface area contributed by atoms with Gasteiger partial charge < -0.3 is 21.3 Å². The van der Waals surface area contributed by atoms with Crippen LogP contribution in [-0.2, 0) is 4.79 Å². The van der Waals surface area contributed by atoms with Crippen molar-refractivity contribution in [3.63, 3.8) is 0 Å². The molecule has 2 aromatic rings. The fraction of sp³-hybridized carbons (Fsp3) is 0.684. The lowest BCUT2D eigenvalue weighted by molar-refractivity contribution is -0.119. The van der Waals surface area contributed by atoms with Gasteiger partial charge in [0.2, 0.25) is 17.8 Å². The predicted octanol–water partition coefficient (Wildman–Crippen LogP) is 1.24. The van der Waals surface area contributed by atoms with Gasteiger partial charge in [-0.2, -0.15) is 19.6 Å². The summed E-state index contributed by atoms with van der Waals surface area (Å²) in [5.41, 5.74) is 1.92. The van der Waals surface area contributed by atoms with Crippen molar-refractivity contribution < 1.29 is 4.79 Å². The van der Waals surface area contributed by atoms with E-state index in [-0.39, 0.29) is 11.9 Å². The first kappa shape index (κ1) is 17.7. The zero-order valence-electron chi connectivity index (χ0n) is 16.4. The second kappa shape index (κ2) is 6.88. The van der Waals surface area contributed by atoms with E-state index in [1.165, 1.54) is 12.8 Å². The number of aromatic nitrogens is 4. The third-order valence-electron chi connectivity index (χ3n) is 6.13. The van der Waals surface area contributed by atoms with Gasteiger partial charge in [-0.3, -0.25) is 4.79 Å². The molecule has 3 aliphatic heterocycles. The summed E-state index contributed by atoms with van der Waals surface area (Å²) < 4.78 is 1.82. The average molecular weight is 384 g/mol. The summed E-state index contributed by atoms with van der Waals surface area (Å²) in [5, 5.41) is 18.1. The van der Waals surface area contributed by atoms with Gasteiger partial charge in [-0.1, -0.05) is 13.8 Å². The fourth-order valence-electron chi connectivity index (χ4n) is 4.71. The van der Waals surface area contributed by atoms with Crippen molar-refractivity contribution in [2.45, 2.75) is 76.0 Å². The molecular formula is C19H28N8O. The lowest BCUT2D eigenvalue weighted by Crippen LogP contribution is -2.43. The average Bonchev–Trinajstić information content (AvgIpc) is 3.34. The van der Waals surface area contributed by atoms with Gasteiger partial charge in [-0.25, -0.2) is 0 Å². The molecule has 0 radical (unpaired) electrons. The van der Waals surface area contributed by atoms with Crippen molar-refractivity contribution in [3.05, 3.63) is 11.8 Å². The number of nitrogens with zero attached hydrogens (tertiary/aromatic N) is 4. The maximum atomic E-state index is 11.5. The molecule has 2 aromatic heterocycles. The Labute approximate surface area is 164 Å². The van der Waals surface area contributed by atoms with Crippen LogP contribution in [0.3, 0.4) is 0 Å². The number of carbonyl (C=O) groups excluding carboxylic acids is 1. The molecule has 2 bridgehead atoms. The molecule has 3 aliphatic rings. The smallest absolute Gasteiger partial charge is 0.229 e. The van der Waals surface area contributed by atoms with Crippen molar-refractivity contribution in [1.29, 1.82) is 0 Å². The van der Waals surface area contributed by atoms with Crippen LogP contribution in [0.15, 0.2) is 6.20 Å². The molecule has 0 aromatic carbocycles. The van der Waals surface area contributed by atoms with Gasteiger partial charge in [0, 0.05) is 36.7 Å². The van der Waals surface area contributed by atoms with Crippen LogP contribution in [0.5, 0.6) is 0 Å². The van der Waals surface area contributed by atoms with Crippen molar-refractivity contribution in [2.75, 3.05) is 17.2 Å². The van der Waals surface area contributed by atoms with Crippen LogP contribution in [0.4, 0.5) is 11.9 Å². The maximum Gasteiger partial charge on any atom is 0.229 e. The Morgan fingerprint density at radius 2 is 1.93 bits per heavy atom. The number of rotatable bonds is 5. The zero-order valence-corrected chi connectivity index (χ0v) is 16.4. The van der Waals surface area contributed by atoms with Gasteiger partial charge in [-0.05, 0) is 31.6 Å². The molecule has 5 rings (SSSR count). The molecule has 3 atom stereocenters. The first-order valence-electron chi connectivity index (χ1n) is 10.4. The number of amides is 1. The summed E-state index contributed by atoms with van der Waals surface area (Å²) in [7, 11) is 0. The number of hydrogen-bond acceptors (Lipinski definition) is 7. The number of hydrogen-bond donors (Lipinski definition) is 4. The van der Waals surface area contributed by atoms with E-state index in [1.54, 1.807) is 0 Å². The summed E-state index contributed by atoms with van der Waals surface area (Å²) >= 11 is 0. The molecule has 0 unspecified atom stereocenters. The Bertz CT molecular complexity index is 881. The lowest BCUT2D eigenvalue weighted by Gasteiger charge is -2.30. The van der Waals surface area contributed by atoms with Crippen LogP contribution < -0.4 is 21.3 Å². The molecule has 28 heavy (non-hydrogen) atoms. The van der Waals surface area contributed by atoms with E-state index in [0.29, 0.717) is 43.0 Å². The minimum atomic E-state index is 0.0166. The van der Waals surface area contributed by atoms with E-state index >= 15 is 0 Å². The van der Waals surface area contributed by atoms with Crippen molar-refractivity contribution in [3.8, 4) is 0 Å². The fourth-order valence-corrected chi connectivity index (χ4v) is 4.71. The normalized spacial score (nSPS) is 29.5. The molecule has 9 heteroatoms. The van der Waals surface area contributed by atoms with Gasteiger partial charge in [0.15, 0.2) is 5.65 Å². The third kappa shape index (κ3) is 3.28. The first-order valence-corrected chi connectivity index (χ1v) is 10.4. The summed E-state index contributed by atoms with van der Waals surface area (Å²) in [6.07, 6.45) is 7.06. The largest absolute Gasteiger partial charge is 0.354 e. The van der Waals surface area contributed by atoms with E-state index in [1.807, 2.05) is 10.7 Å². The van der Waals surface area contributed by atoms with E-state index < -0.39 is 0 Å². The van der Waals surface area contributed by atoms with Gasteiger partial charge in [0.1, 0.15) is 0 Å². The van der Waals surface area contributed by atoms with Gasteiger partial charge in [0.25, 0.3) is 0 Å². The van der Waals surface area contributed by atoms with E-state index in [9.17, 15) is 4.79 Å². The summed E-state index contributed by atoms with van der Waals surface area (Å²) in [6, 6.07) is 1.60. The van der Waals surface area contributed by atoms with E-state index in [4.69, 9.17) is 9.97 Å². The molecule has 0 saturated carbocycles.